The van der Waals surface area contributed by atoms with Crippen molar-refractivity contribution in [3.05, 3.63) is 65.1 Å². The number of benzene rings is 1. The average molecular weight is 438 g/mol. The fraction of sp³-hybridized carbons (Fsp3) is 0.400. The molecule has 168 valence electrons. The molecule has 0 bridgehead atoms. The van der Waals surface area contributed by atoms with E-state index in [1.54, 1.807) is 17.0 Å². The van der Waals surface area contributed by atoms with E-state index in [0.717, 1.165) is 11.3 Å². The minimum absolute atomic E-state index is 0.00283. The van der Waals surface area contributed by atoms with Crippen LogP contribution in [0.1, 0.15) is 51.4 Å². The Hall–Kier alpha value is -3.40. The van der Waals surface area contributed by atoms with E-state index in [1.165, 1.54) is 12.1 Å². The highest BCUT2D eigenvalue weighted by molar-refractivity contribution is 5.74. The predicted molar refractivity (Wildman–Crippen MR) is 119 cm³/mol. The van der Waals surface area contributed by atoms with Crippen LogP contribution in [-0.2, 0) is 11.3 Å². The van der Waals surface area contributed by atoms with Crippen LogP contribution in [0.3, 0.4) is 0 Å². The highest BCUT2D eigenvalue weighted by atomic mass is 19.1. The van der Waals surface area contributed by atoms with Crippen molar-refractivity contribution >= 4 is 11.7 Å². The van der Waals surface area contributed by atoms with E-state index in [9.17, 15) is 9.18 Å². The number of nitrogens with zero attached hydrogens (tertiary/aromatic N) is 3. The largest absolute Gasteiger partial charge is 0.473 e. The highest BCUT2D eigenvalue weighted by Gasteiger charge is 2.35. The normalized spacial score (nSPS) is 15.5. The number of aromatic nitrogens is 1. The summed E-state index contributed by atoms with van der Waals surface area (Å²) in [7, 11) is 0. The maximum Gasteiger partial charge on any atom is 0.410 e. The molecule has 0 unspecified atom stereocenters. The van der Waals surface area contributed by atoms with E-state index in [2.05, 4.69) is 18.8 Å². The van der Waals surface area contributed by atoms with Crippen molar-refractivity contribution in [1.82, 2.24) is 9.88 Å². The van der Waals surface area contributed by atoms with E-state index < -0.39 is 11.4 Å². The molecule has 0 spiro atoms. The summed E-state index contributed by atoms with van der Waals surface area (Å²) in [5.74, 6) is -0.115. The van der Waals surface area contributed by atoms with E-state index in [4.69, 9.17) is 14.7 Å². The van der Waals surface area contributed by atoms with Gasteiger partial charge >= 0.3 is 6.09 Å². The van der Waals surface area contributed by atoms with Crippen molar-refractivity contribution in [3.63, 3.8) is 0 Å². The number of rotatable bonds is 4. The number of nitriles is 1. The predicted octanol–water partition coefficient (Wildman–Crippen LogP) is 5.33. The zero-order valence-electron chi connectivity index (χ0n) is 19.1. The van der Waals surface area contributed by atoms with Gasteiger partial charge in [0.2, 0.25) is 5.88 Å². The monoisotopic (exact) mass is 437 g/mol. The first-order valence-electron chi connectivity index (χ1n) is 10.5. The Labute approximate surface area is 188 Å². The van der Waals surface area contributed by atoms with Crippen LogP contribution >= 0.6 is 0 Å². The van der Waals surface area contributed by atoms with Gasteiger partial charge in [-0.15, -0.1) is 0 Å². The zero-order valence-corrected chi connectivity index (χ0v) is 19.1. The van der Waals surface area contributed by atoms with Crippen LogP contribution < -0.4 is 4.74 Å². The maximum absolute atomic E-state index is 14.1. The molecular formula is C25H28FN3O3. The Morgan fingerprint density at radius 3 is 2.66 bits per heavy atom. The lowest BCUT2D eigenvalue weighted by atomic mass is 9.79. The lowest BCUT2D eigenvalue weighted by Gasteiger charge is -2.39. The van der Waals surface area contributed by atoms with Gasteiger partial charge in [0.15, 0.2) is 0 Å². The van der Waals surface area contributed by atoms with Crippen LogP contribution in [0.15, 0.2) is 42.5 Å². The van der Waals surface area contributed by atoms with Gasteiger partial charge in [-0.3, -0.25) is 0 Å². The van der Waals surface area contributed by atoms with Crippen LogP contribution in [0.4, 0.5) is 9.18 Å². The number of carbonyl (C=O) groups is 1. The Morgan fingerprint density at radius 2 is 2.03 bits per heavy atom. The van der Waals surface area contributed by atoms with Gasteiger partial charge in [0.25, 0.3) is 0 Å². The molecule has 1 aromatic heterocycles. The lowest BCUT2D eigenvalue weighted by Crippen LogP contribution is -2.45. The number of ether oxygens (including phenoxy) is 2. The van der Waals surface area contributed by atoms with Gasteiger partial charge in [-0.25, -0.2) is 14.2 Å². The summed E-state index contributed by atoms with van der Waals surface area (Å²) in [6, 6.07) is 11.6. The number of pyridine rings is 1. The number of hydrogen-bond donors (Lipinski definition) is 0. The molecule has 6 nitrogen and oxygen atoms in total. The SMILES string of the molecule is CC(C)(C)OC(=O)N1CC=C(c2cccc(OCc3ccc(C#N)cc3F)n2)C(C)(C)C1. The van der Waals surface area contributed by atoms with Gasteiger partial charge in [-0.1, -0.05) is 32.1 Å². The molecule has 1 aliphatic heterocycles. The Kier molecular flexibility index (Phi) is 6.54. The maximum atomic E-state index is 14.1. The molecule has 2 heterocycles. The van der Waals surface area contributed by atoms with Gasteiger partial charge in [-0.2, -0.15) is 5.26 Å². The molecule has 3 rings (SSSR count). The quantitative estimate of drug-likeness (QED) is 0.646. The molecule has 0 atom stereocenters. The smallest absolute Gasteiger partial charge is 0.410 e. The number of carbonyl (C=O) groups excluding carboxylic acids is 1. The van der Waals surface area contributed by atoms with Crippen LogP contribution in [0.5, 0.6) is 5.88 Å². The van der Waals surface area contributed by atoms with Gasteiger partial charge in [0.05, 0.1) is 17.3 Å². The molecular weight excluding hydrogens is 409 g/mol. The first-order valence-corrected chi connectivity index (χ1v) is 10.5. The third-order valence-electron chi connectivity index (χ3n) is 5.04. The third-order valence-corrected chi connectivity index (χ3v) is 5.04. The number of hydrogen-bond acceptors (Lipinski definition) is 5. The average Bonchev–Trinajstić information content (AvgIpc) is 2.71. The summed E-state index contributed by atoms with van der Waals surface area (Å²) in [6.07, 6.45) is 1.65. The van der Waals surface area contributed by atoms with Crippen molar-refractivity contribution in [3.8, 4) is 11.9 Å². The molecule has 1 amide bonds. The van der Waals surface area contributed by atoms with Gasteiger partial charge in [-0.05, 0) is 44.5 Å². The fourth-order valence-electron chi connectivity index (χ4n) is 3.55. The minimum Gasteiger partial charge on any atom is -0.473 e. The summed E-state index contributed by atoms with van der Waals surface area (Å²) in [4.78, 5) is 18.8. The van der Waals surface area contributed by atoms with E-state index in [1.807, 2.05) is 45.0 Å². The molecule has 0 saturated carbocycles. The van der Waals surface area contributed by atoms with Crippen molar-refractivity contribution in [2.45, 2.75) is 46.8 Å². The van der Waals surface area contributed by atoms with Crippen molar-refractivity contribution in [2.24, 2.45) is 5.41 Å². The van der Waals surface area contributed by atoms with E-state index >= 15 is 0 Å². The molecule has 0 aliphatic carbocycles. The van der Waals surface area contributed by atoms with Crippen LogP contribution in [0.25, 0.3) is 5.57 Å². The molecule has 0 N–H and O–H groups in total. The number of amides is 1. The first kappa shape index (κ1) is 23.3. The molecule has 0 saturated heterocycles. The molecule has 7 heteroatoms. The van der Waals surface area contributed by atoms with Crippen molar-refractivity contribution in [2.75, 3.05) is 13.1 Å². The van der Waals surface area contributed by atoms with Gasteiger partial charge < -0.3 is 14.4 Å². The standard InChI is InChI=1S/C25H28FN3O3/c1-24(2,3)32-23(30)29-12-11-19(25(4,5)16-29)21-7-6-8-22(28-21)31-15-18-10-9-17(14-27)13-20(18)26/h6-11,13H,12,15-16H2,1-5H3. The van der Waals surface area contributed by atoms with E-state index in [0.29, 0.717) is 24.5 Å². The summed E-state index contributed by atoms with van der Waals surface area (Å²) in [5, 5.41) is 8.86. The van der Waals surface area contributed by atoms with Gasteiger partial charge in [0, 0.05) is 30.1 Å². The second-order valence-corrected chi connectivity index (χ2v) is 9.43. The van der Waals surface area contributed by atoms with Gasteiger partial charge in [0.1, 0.15) is 18.0 Å². The third kappa shape index (κ3) is 5.64. The van der Waals surface area contributed by atoms with Crippen molar-refractivity contribution in [1.29, 1.82) is 5.26 Å². The first-order chi connectivity index (χ1) is 15.0. The second-order valence-electron chi connectivity index (χ2n) is 9.43. The Balaban J connectivity index is 1.74. The molecule has 1 aromatic carbocycles. The molecule has 0 radical (unpaired) electrons. The topological polar surface area (TPSA) is 75.4 Å². The van der Waals surface area contributed by atoms with Crippen LogP contribution in [0, 0.1) is 22.6 Å². The summed E-state index contributed by atoms with van der Waals surface area (Å²) < 4.78 is 25.3. The summed E-state index contributed by atoms with van der Waals surface area (Å²) >= 11 is 0. The minimum atomic E-state index is -0.549. The van der Waals surface area contributed by atoms with Crippen LogP contribution in [-0.4, -0.2) is 34.7 Å². The molecule has 2 aromatic rings. The number of halogens is 1. The van der Waals surface area contributed by atoms with Crippen LogP contribution in [0.2, 0.25) is 0 Å². The summed E-state index contributed by atoms with van der Waals surface area (Å²) in [5.41, 5.74) is 1.47. The Bertz CT molecular complexity index is 1080. The highest BCUT2D eigenvalue weighted by Crippen LogP contribution is 2.38. The molecule has 32 heavy (non-hydrogen) atoms. The zero-order chi connectivity index (χ0) is 23.5. The lowest BCUT2D eigenvalue weighted by molar-refractivity contribution is 0.0219. The molecule has 1 aliphatic rings. The Morgan fingerprint density at radius 1 is 1.28 bits per heavy atom. The second kappa shape index (κ2) is 8.99. The van der Waals surface area contributed by atoms with Crippen molar-refractivity contribution < 1.29 is 18.7 Å². The summed E-state index contributed by atoms with van der Waals surface area (Å²) in [6.45, 7) is 10.6. The molecule has 0 fully saturated rings. The fourth-order valence-corrected chi connectivity index (χ4v) is 3.55. The van der Waals surface area contributed by atoms with E-state index in [-0.39, 0.29) is 23.7 Å².